The van der Waals surface area contributed by atoms with Crippen molar-refractivity contribution in [3.05, 3.63) is 58.1 Å². The van der Waals surface area contributed by atoms with E-state index in [1.165, 1.54) is 0 Å². The summed E-state index contributed by atoms with van der Waals surface area (Å²) in [5.74, 6) is 0.164. The zero-order valence-corrected chi connectivity index (χ0v) is 16.3. The molecule has 1 unspecified atom stereocenters. The van der Waals surface area contributed by atoms with Crippen LogP contribution >= 0.6 is 23.2 Å². The van der Waals surface area contributed by atoms with E-state index >= 15 is 0 Å². The number of rotatable bonds is 4. The summed E-state index contributed by atoms with van der Waals surface area (Å²) in [6, 6.07) is 13.4. The summed E-state index contributed by atoms with van der Waals surface area (Å²) >= 11 is 12.2. The second-order valence-corrected chi connectivity index (χ2v) is 7.87. The molecule has 1 aliphatic rings. The van der Waals surface area contributed by atoms with Crippen LogP contribution in [-0.2, 0) is 0 Å². The van der Waals surface area contributed by atoms with Gasteiger partial charge in [0.05, 0.1) is 5.02 Å². The molecule has 0 aliphatic heterocycles. The van der Waals surface area contributed by atoms with Crippen LogP contribution in [-0.4, -0.2) is 16.8 Å². The molecular weight excluding hydrogens is 383 g/mol. The van der Waals surface area contributed by atoms with E-state index in [0.29, 0.717) is 27.2 Å². The van der Waals surface area contributed by atoms with Gasteiger partial charge in [-0.25, -0.2) is 0 Å². The molecule has 1 aliphatic carbocycles. The third kappa shape index (κ3) is 4.12. The van der Waals surface area contributed by atoms with Gasteiger partial charge in [0, 0.05) is 28.6 Å². The van der Waals surface area contributed by atoms with Crippen molar-refractivity contribution in [2.45, 2.75) is 38.1 Å². The van der Waals surface area contributed by atoms with Crippen LogP contribution in [0.15, 0.2) is 46.9 Å². The number of carbonyl (C=O) groups excluding carboxylic acids is 1. The maximum atomic E-state index is 12.8. The Bertz CT molecular complexity index is 970. The van der Waals surface area contributed by atoms with Crippen LogP contribution in [0.25, 0.3) is 11.1 Å². The first-order chi connectivity index (χ1) is 13.1. The third-order valence-electron chi connectivity index (χ3n) is 5.16. The number of aromatic nitrogens is 1. The summed E-state index contributed by atoms with van der Waals surface area (Å²) in [6.45, 7) is 0. The van der Waals surface area contributed by atoms with Gasteiger partial charge in [0.25, 0.3) is 6.01 Å². The fraction of sp³-hybridized carbons (Fsp3) is 0.333. The predicted octanol–water partition coefficient (Wildman–Crippen LogP) is 6.38. The normalized spacial score (nSPS) is 20.4. The molecule has 2 atom stereocenters. The van der Waals surface area contributed by atoms with Gasteiger partial charge in [-0.15, -0.1) is 0 Å². The zero-order valence-electron chi connectivity index (χ0n) is 14.8. The van der Waals surface area contributed by atoms with Gasteiger partial charge in [0.2, 0.25) is 0 Å². The average Bonchev–Trinajstić information content (AvgIpc) is 2.89. The van der Waals surface area contributed by atoms with E-state index < -0.39 is 0 Å². The first-order valence-corrected chi connectivity index (χ1v) is 9.97. The highest BCUT2D eigenvalue weighted by atomic mass is 35.5. The molecule has 2 aromatic carbocycles. The highest BCUT2D eigenvalue weighted by Crippen LogP contribution is 2.30. The minimum atomic E-state index is 0.0131. The number of fused-ring (bicyclic) bond motifs is 1. The van der Waals surface area contributed by atoms with Crippen molar-refractivity contribution in [2.75, 3.05) is 5.32 Å². The molecule has 0 saturated heterocycles. The Morgan fingerprint density at radius 2 is 1.93 bits per heavy atom. The molecule has 0 bridgehead atoms. The number of Topliss-reactive ketones (excluding diaryl/α,β-unsaturated/α-hetero) is 1. The molecule has 4 nitrogen and oxygen atoms in total. The molecule has 1 aromatic heterocycles. The van der Waals surface area contributed by atoms with Gasteiger partial charge < -0.3 is 9.73 Å². The molecule has 3 aromatic rings. The van der Waals surface area contributed by atoms with Gasteiger partial charge in [0.15, 0.2) is 11.4 Å². The summed E-state index contributed by atoms with van der Waals surface area (Å²) in [5.41, 5.74) is 2.08. The fourth-order valence-corrected chi connectivity index (χ4v) is 4.11. The topological polar surface area (TPSA) is 55.1 Å². The monoisotopic (exact) mass is 402 g/mol. The van der Waals surface area contributed by atoms with Gasteiger partial charge >= 0.3 is 0 Å². The predicted molar refractivity (Wildman–Crippen MR) is 109 cm³/mol. The van der Waals surface area contributed by atoms with Gasteiger partial charge in [-0.05, 0) is 49.9 Å². The zero-order chi connectivity index (χ0) is 18.8. The summed E-state index contributed by atoms with van der Waals surface area (Å²) in [4.78, 5) is 17.3. The van der Waals surface area contributed by atoms with E-state index in [9.17, 15) is 4.79 Å². The quantitative estimate of drug-likeness (QED) is 0.406. The Morgan fingerprint density at radius 1 is 1.07 bits per heavy atom. The Hall–Kier alpha value is -2.04. The third-order valence-corrected chi connectivity index (χ3v) is 5.72. The lowest BCUT2D eigenvalue weighted by atomic mass is 9.91. The highest BCUT2D eigenvalue weighted by molar-refractivity contribution is 6.34. The van der Waals surface area contributed by atoms with Crippen molar-refractivity contribution in [3.8, 4) is 0 Å². The Labute approximate surface area is 167 Å². The molecule has 0 radical (unpaired) electrons. The first-order valence-electron chi connectivity index (χ1n) is 9.21. The van der Waals surface area contributed by atoms with Crippen molar-refractivity contribution >= 4 is 46.1 Å². The summed E-state index contributed by atoms with van der Waals surface area (Å²) < 4.78 is 5.76. The minimum Gasteiger partial charge on any atom is -0.423 e. The number of anilines is 1. The summed E-state index contributed by atoms with van der Waals surface area (Å²) in [5, 5.41) is 4.54. The summed E-state index contributed by atoms with van der Waals surface area (Å²) in [7, 11) is 0. The van der Waals surface area contributed by atoms with Crippen LogP contribution < -0.4 is 5.32 Å². The first kappa shape index (κ1) is 18.3. The van der Waals surface area contributed by atoms with Gasteiger partial charge in [-0.3, -0.25) is 4.79 Å². The molecular formula is C21H20Cl2N2O2. The van der Waals surface area contributed by atoms with Crippen molar-refractivity contribution in [1.82, 2.24) is 4.98 Å². The molecule has 0 amide bonds. The number of benzene rings is 2. The van der Waals surface area contributed by atoms with E-state index in [2.05, 4.69) is 10.3 Å². The van der Waals surface area contributed by atoms with E-state index in [4.69, 9.17) is 27.6 Å². The Balaban J connectivity index is 1.42. The van der Waals surface area contributed by atoms with E-state index in [1.807, 2.05) is 24.3 Å². The molecule has 140 valence electrons. The lowest BCUT2D eigenvalue weighted by Crippen LogP contribution is -2.19. The van der Waals surface area contributed by atoms with E-state index in [1.54, 1.807) is 18.2 Å². The minimum absolute atomic E-state index is 0.0131. The van der Waals surface area contributed by atoms with E-state index in [0.717, 1.165) is 37.6 Å². The number of halogens is 2. The van der Waals surface area contributed by atoms with Crippen LogP contribution in [0.1, 0.15) is 42.5 Å². The number of nitrogens with zero attached hydrogens (tertiary/aromatic N) is 1. The van der Waals surface area contributed by atoms with Crippen molar-refractivity contribution < 1.29 is 9.21 Å². The van der Waals surface area contributed by atoms with Gasteiger partial charge in [-0.2, -0.15) is 4.98 Å². The average molecular weight is 403 g/mol. The SMILES string of the molecule is O=C(c1ccccc1Cl)C1CCC[C@H](Nc2nc3ccc(Cl)cc3o2)CC1. The largest absolute Gasteiger partial charge is 0.423 e. The molecule has 1 heterocycles. The summed E-state index contributed by atoms with van der Waals surface area (Å²) in [6.07, 6.45) is 4.55. The van der Waals surface area contributed by atoms with Crippen molar-refractivity contribution in [3.63, 3.8) is 0 Å². The molecule has 1 N–H and O–H groups in total. The number of nitrogens with one attached hydrogen (secondary N) is 1. The molecule has 1 fully saturated rings. The van der Waals surface area contributed by atoms with E-state index in [-0.39, 0.29) is 17.7 Å². The number of ketones is 1. The molecule has 4 rings (SSSR count). The number of oxazole rings is 1. The fourth-order valence-electron chi connectivity index (χ4n) is 3.72. The smallest absolute Gasteiger partial charge is 0.295 e. The Kier molecular flexibility index (Phi) is 5.37. The van der Waals surface area contributed by atoms with Crippen LogP contribution in [0.3, 0.4) is 0 Å². The lowest BCUT2D eigenvalue weighted by Gasteiger charge is -2.15. The molecule has 0 spiro atoms. The number of hydrogen-bond donors (Lipinski definition) is 1. The second-order valence-electron chi connectivity index (χ2n) is 7.02. The molecule has 6 heteroatoms. The van der Waals surface area contributed by atoms with Gasteiger partial charge in [0.1, 0.15) is 5.52 Å². The molecule has 27 heavy (non-hydrogen) atoms. The number of carbonyl (C=O) groups is 1. The van der Waals surface area contributed by atoms with Crippen LogP contribution in [0.2, 0.25) is 10.0 Å². The standard InChI is InChI=1S/C21H20Cl2N2O2/c22-14-9-11-18-19(12-14)27-21(25-18)24-15-5-3-4-13(8-10-15)20(26)16-6-1-2-7-17(16)23/h1-2,6-7,9,11-13,15H,3-5,8,10H2,(H,24,25)/t13?,15-/m0/s1. The number of hydrogen-bond acceptors (Lipinski definition) is 4. The highest BCUT2D eigenvalue weighted by Gasteiger charge is 2.26. The second kappa shape index (κ2) is 7.91. The van der Waals surface area contributed by atoms with Crippen molar-refractivity contribution in [1.29, 1.82) is 0 Å². The maximum absolute atomic E-state index is 12.8. The van der Waals surface area contributed by atoms with Crippen LogP contribution in [0.4, 0.5) is 6.01 Å². The van der Waals surface area contributed by atoms with Crippen LogP contribution in [0.5, 0.6) is 0 Å². The van der Waals surface area contributed by atoms with Gasteiger partial charge in [-0.1, -0.05) is 41.8 Å². The molecule has 1 saturated carbocycles. The van der Waals surface area contributed by atoms with Crippen molar-refractivity contribution in [2.24, 2.45) is 5.92 Å². The Morgan fingerprint density at radius 3 is 2.78 bits per heavy atom. The van der Waals surface area contributed by atoms with Crippen LogP contribution in [0, 0.1) is 5.92 Å². The lowest BCUT2D eigenvalue weighted by molar-refractivity contribution is 0.0908. The maximum Gasteiger partial charge on any atom is 0.295 e.